The predicted molar refractivity (Wildman–Crippen MR) is 110 cm³/mol. The van der Waals surface area contributed by atoms with Crippen molar-refractivity contribution >= 4 is 11.9 Å². The van der Waals surface area contributed by atoms with E-state index in [0.717, 1.165) is 12.8 Å². The van der Waals surface area contributed by atoms with Crippen molar-refractivity contribution in [1.82, 2.24) is 0 Å². The van der Waals surface area contributed by atoms with Crippen LogP contribution in [0.1, 0.15) is 130 Å². The van der Waals surface area contributed by atoms with Crippen LogP contribution in [0.15, 0.2) is 0 Å². The Hall–Kier alpha value is -0.860. The SMILES string of the molecule is CCCCCCCCCCCCCCCCCC(=O)OC(=O)C(C)(C)C. The summed E-state index contributed by atoms with van der Waals surface area (Å²) < 4.78 is 4.86. The Morgan fingerprint density at radius 2 is 0.962 bits per heavy atom. The molecule has 0 aromatic rings. The number of carbonyl (C=O) groups excluding carboxylic acids is 2. The molecule has 3 heteroatoms. The first-order valence-electron chi connectivity index (χ1n) is 11.1. The molecule has 0 aliphatic carbocycles. The van der Waals surface area contributed by atoms with E-state index < -0.39 is 11.4 Å². The molecule has 26 heavy (non-hydrogen) atoms. The predicted octanol–water partition coefficient (Wildman–Crippen LogP) is 7.36. The van der Waals surface area contributed by atoms with Crippen LogP contribution in [-0.2, 0) is 14.3 Å². The zero-order valence-electron chi connectivity index (χ0n) is 18.0. The Kier molecular flexibility index (Phi) is 15.8. The minimum atomic E-state index is -0.606. The third kappa shape index (κ3) is 16.6. The lowest BCUT2D eigenvalue weighted by Crippen LogP contribution is -2.25. The Balaban J connectivity index is 3.27. The molecule has 0 aromatic heterocycles. The molecule has 0 N–H and O–H groups in total. The molecule has 0 atom stereocenters. The maximum atomic E-state index is 11.6. The minimum absolute atomic E-state index is 0.361. The van der Waals surface area contributed by atoms with E-state index in [1.54, 1.807) is 20.8 Å². The zero-order chi connectivity index (χ0) is 19.7. The van der Waals surface area contributed by atoms with Crippen LogP contribution in [0, 0.1) is 5.41 Å². The molecule has 0 saturated heterocycles. The van der Waals surface area contributed by atoms with Crippen molar-refractivity contribution in [3.63, 3.8) is 0 Å². The molecule has 0 radical (unpaired) electrons. The fourth-order valence-electron chi connectivity index (χ4n) is 2.95. The number of rotatable bonds is 16. The smallest absolute Gasteiger partial charge is 0.318 e. The average Bonchev–Trinajstić information content (AvgIpc) is 2.57. The van der Waals surface area contributed by atoms with Gasteiger partial charge < -0.3 is 4.74 Å². The van der Waals surface area contributed by atoms with E-state index in [2.05, 4.69) is 6.92 Å². The van der Waals surface area contributed by atoms with Crippen LogP contribution in [0.3, 0.4) is 0 Å². The van der Waals surface area contributed by atoms with Crippen molar-refractivity contribution in [1.29, 1.82) is 0 Å². The first-order valence-corrected chi connectivity index (χ1v) is 11.1. The molecule has 3 nitrogen and oxygen atoms in total. The summed E-state index contributed by atoms with van der Waals surface area (Å²) in [7, 11) is 0. The molecule has 0 heterocycles. The van der Waals surface area contributed by atoms with E-state index in [4.69, 9.17) is 4.74 Å². The molecule has 0 aliphatic rings. The fraction of sp³-hybridized carbons (Fsp3) is 0.913. The minimum Gasteiger partial charge on any atom is -0.393 e. The fourth-order valence-corrected chi connectivity index (χ4v) is 2.95. The van der Waals surface area contributed by atoms with Crippen molar-refractivity contribution in [2.75, 3.05) is 0 Å². The van der Waals surface area contributed by atoms with E-state index in [-0.39, 0.29) is 5.97 Å². The molecule has 0 amide bonds. The van der Waals surface area contributed by atoms with Gasteiger partial charge in [0.2, 0.25) is 0 Å². The number of hydrogen-bond donors (Lipinski definition) is 0. The lowest BCUT2D eigenvalue weighted by atomic mass is 9.97. The quantitative estimate of drug-likeness (QED) is 0.162. The van der Waals surface area contributed by atoms with Crippen LogP contribution in [0.4, 0.5) is 0 Å². The van der Waals surface area contributed by atoms with Crippen molar-refractivity contribution < 1.29 is 14.3 Å². The third-order valence-electron chi connectivity index (χ3n) is 4.80. The van der Waals surface area contributed by atoms with Crippen LogP contribution < -0.4 is 0 Å². The maximum Gasteiger partial charge on any atom is 0.318 e. The number of unbranched alkanes of at least 4 members (excludes halogenated alkanes) is 14. The van der Waals surface area contributed by atoms with Crippen LogP contribution in [0.25, 0.3) is 0 Å². The van der Waals surface area contributed by atoms with Gasteiger partial charge in [0.1, 0.15) is 0 Å². The van der Waals surface area contributed by atoms with E-state index >= 15 is 0 Å². The lowest BCUT2D eigenvalue weighted by molar-refractivity contribution is -0.165. The Labute approximate surface area is 162 Å². The van der Waals surface area contributed by atoms with Gasteiger partial charge in [0.25, 0.3) is 0 Å². The van der Waals surface area contributed by atoms with Gasteiger partial charge in [-0.3, -0.25) is 9.59 Å². The first kappa shape index (κ1) is 25.1. The van der Waals surface area contributed by atoms with Crippen LogP contribution in [0.2, 0.25) is 0 Å². The Bertz CT molecular complexity index is 355. The number of carbonyl (C=O) groups is 2. The highest BCUT2D eigenvalue weighted by molar-refractivity contribution is 5.88. The second-order valence-corrected chi connectivity index (χ2v) is 8.71. The van der Waals surface area contributed by atoms with Gasteiger partial charge in [0.05, 0.1) is 5.41 Å². The highest BCUT2D eigenvalue weighted by Crippen LogP contribution is 2.17. The van der Waals surface area contributed by atoms with Gasteiger partial charge in [-0.25, -0.2) is 0 Å². The molecule has 0 aliphatic heterocycles. The van der Waals surface area contributed by atoms with E-state index in [1.807, 2.05) is 0 Å². The summed E-state index contributed by atoms with van der Waals surface area (Å²) in [5.74, 6) is -0.803. The molecule has 0 unspecified atom stereocenters. The summed E-state index contributed by atoms with van der Waals surface area (Å²) in [4.78, 5) is 23.2. The maximum absolute atomic E-state index is 11.6. The molecule has 0 spiro atoms. The van der Waals surface area contributed by atoms with Gasteiger partial charge in [-0.1, -0.05) is 96.8 Å². The van der Waals surface area contributed by atoms with Crippen molar-refractivity contribution in [3.05, 3.63) is 0 Å². The molecular formula is C23H44O3. The zero-order valence-corrected chi connectivity index (χ0v) is 18.0. The monoisotopic (exact) mass is 368 g/mol. The molecule has 0 bridgehead atoms. The summed E-state index contributed by atoms with van der Waals surface area (Å²) in [6.45, 7) is 7.55. The second kappa shape index (κ2) is 16.3. The topological polar surface area (TPSA) is 43.4 Å². The Morgan fingerprint density at radius 3 is 1.31 bits per heavy atom. The van der Waals surface area contributed by atoms with E-state index in [0.29, 0.717) is 6.42 Å². The second-order valence-electron chi connectivity index (χ2n) is 8.71. The molecule has 0 rings (SSSR count). The molecule has 0 aromatic carbocycles. The average molecular weight is 369 g/mol. The first-order chi connectivity index (χ1) is 12.4. The molecule has 0 saturated carbocycles. The normalized spacial score (nSPS) is 11.5. The molecule has 154 valence electrons. The van der Waals surface area contributed by atoms with Gasteiger partial charge in [-0.15, -0.1) is 0 Å². The van der Waals surface area contributed by atoms with E-state index in [1.165, 1.54) is 83.5 Å². The molecule has 0 fully saturated rings. The van der Waals surface area contributed by atoms with Gasteiger partial charge in [-0.2, -0.15) is 0 Å². The van der Waals surface area contributed by atoms with E-state index in [9.17, 15) is 9.59 Å². The van der Waals surface area contributed by atoms with Crippen LogP contribution in [-0.4, -0.2) is 11.9 Å². The van der Waals surface area contributed by atoms with Crippen LogP contribution >= 0.6 is 0 Å². The van der Waals surface area contributed by atoms with Gasteiger partial charge in [-0.05, 0) is 27.2 Å². The number of ether oxygens (including phenoxy) is 1. The van der Waals surface area contributed by atoms with Gasteiger partial charge >= 0.3 is 11.9 Å². The van der Waals surface area contributed by atoms with Crippen LogP contribution in [0.5, 0.6) is 0 Å². The number of esters is 2. The van der Waals surface area contributed by atoms with Crippen molar-refractivity contribution in [2.24, 2.45) is 5.41 Å². The summed E-state index contributed by atoms with van der Waals surface area (Å²) >= 11 is 0. The standard InChI is InChI=1S/C23H44O3/c1-5-6-7-8-9-10-11-12-13-14-15-16-17-18-19-20-21(24)26-22(25)23(2,3)4/h5-20H2,1-4H3. The summed E-state index contributed by atoms with van der Waals surface area (Å²) in [5, 5.41) is 0. The summed E-state index contributed by atoms with van der Waals surface area (Å²) in [6.07, 6.45) is 19.9. The number of hydrogen-bond acceptors (Lipinski definition) is 3. The van der Waals surface area contributed by atoms with Gasteiger partial charge in [0, 0.05) is 6.42 Å². The third-order valence-corrected chi connectivity index (χ3v) is 4.80. The molecular weight excluding hydrogens is 324 g/mol. The largest absolute Gasteiger partial charge is 0.393 e. The van der Waals surface area contributed by atoms with Crippen molar-refractivity contribution in [2.45, 2.75) is 130 Å². The van der Waals surface area contributed by atoms with Gasteiger partial charge in [0.15, 0.2) is 0 Å². The summed E-state index contributed by atoms with van der Waals surface area (Å²) in [5.41, 5.74) is -0.606. The highest BCUT2D eigenvalue weighted by atomic mass is 16.6. The lowest BCUT2D eigenvalue weighted by Gasteiger charge is -2.15. The highest BCUT2D eigenvalue weighted by Gasteiger charge is 2.25. The van der Waals surface area contributed by atoms with Crippen molar-refractivity contribution in [3.8, 4) is 0 Å². The summed E-state index contributed by atoms with van der Waals surface area (Å²) in [6, 6.07) is 0. The Morgan fingerprint density at radius 1 is 0.615 bits per heavy atom.